The van der Waals surface area contributed by atoms with E-state index < -0.39 is 0 Å². The van der Waals surface area contributed by atoms with E-state index in [-0.39, 0.29) is 11.7 Å². The van der Waals surface area contributed by atoms with Crippen molar-refractivity contribution >= 4 is 5.65 Å². The summed E-state index contributed by atoms with van der Waals surface area (Å²) in [7, 11) is 0. The van der Waals surface area contributed by atoms with Crippen molar-refractivity contribution in [1.29, 1.82) is 0 Å². The topological polar surface area (TPSA) is 74.4 Å². The predicted octanol–water partition coefficient (Wildman–Crippen LogP) is 3.60. The molecule has 1 atom stereocenters. The molecule has 0 spiro atoms. The van der Waals surface area contributed by atoms with Crippen molar-refractivity contribution in [2.75, 3.05) is 13.2 Å². The molecule has 0 fully saturated rings. The molecule has 5 heterocycles. The Kier molecular flexibility index (Phi) is 3.96. The number of hydrogen-bond donors (Lipinski definition) is 0. The molecule has 2 aliphatic heterocycles. The molecule has 7 nitrogen and oxygen atoms in total. The number of aryl methyl sites for hydroxylation is 3. The number of hydrogen-bond acceptors (Lipinski definition) is 6. The van der Waals surface area contributed by atoms with Crippen LogP contribution in [0.1, 0.15) is 34.0 Å². The molecule has 6 rings (SSSR count). The highest BCUT2D eigenvalue weighted by Gasteiger charge is 2.31. The van der Waals surface area contributed by atoms with Gasteiger partial charge in [-0.3, -0.25) is 4.40 Å². The minimum Gasteiger partial charge on any atom is -0.493 e. The molecule has 0 radical (unpaired) electrons. The third-order valence-corrected chi connectivity index (χ3v) is 6.16. The molecule has 0 N–H and O–H groups in total. The largest absolute Gasteiger partial charge is 0.493 e. The zero-order valence-corrected chi connectivity index (χ0v) is 17.2. The van der Waals surface area contributed by atoms with Crippen LogP contribution in [0.4, 0.5) is 4.39 Å². The van der Waals surface area contributed by atoms with Gasteiger partial charge >= 0.3 is 0 Å². The van der Waals surface area contributed by atoms with Crippen molar-refractivity contribution in [1.82, 2.24) is 24.8 Å². The van der Waals surface area contributed by atoms with Crippen LogP contribution < -0.4 is 9.47 Å². The monoisotopic (exact) mass is 417 g/mol. The maximum absolute atomic E-state index is 14.7. The Bertz CT molecular complexity index is 1350. The maximum atomic E-state index is 14.7. The minimum atomic E-state index is -0.195. The van der Waals surface area contributed by atoms with Crippen LogP contribution in [0.3, 0.4) is 0 Å². The zero-order valence-electron chi connectivity index (χ0n) is 17.2. The molecule has 3 aromatic heterocycles. The van der Waals surface area contributed by atoms with Gasteiger partial charge in [-0.2, -0.15) is 5.10 Å². The summed E-state index contributed by atoms with van der Waals surface area (Å²) in [4.78, 5) is 0. The van der Waals surface area contributed by atoms with E-state index in [0.717, 1.165) is 45.3 Å². The van der Waals surface area contributed by atoms with Crippen LogP contribution in [-0.2, 0) is 12.8 Å². The molecule has 8 heteroatoms. The molecular weight excluding hydrogens is 397 g/mol. The van der Waals surface area contributed by atoms with Gasteiger partial charge < -0.3 is 9.47 Å². The van der Waals surface area contributed by atoms with E-state index >= 15 is 0 Å². The molecular formula is C23H20FN5O2. The molecule has 0 amide bonds. The SMILES string of the molecule is Cc1cc(C)c(-c2cc3c(n4cnnc24)CCc2c(F)ccc4c2[C@H](CO4)CO3)nn1. The lowest BCUT2D eigenvalue weighted by molar-refractivity contribution is 0.246. The third kappa shape index (κ3) is 2.78. The number of pyridine rings is 1. The fourth-order valence-electron chi connectivity index (χ4n) is 4.72. The van der Waals surface area contributed by atoms with E-state index in [2.05, 4.69) is 20.4 Å². The van der Waals surface area contributed by atoms with Gasteiger partial charge in [-0.1, -0.05) is 0 Å². The van der Waals surface area contributed by atoms with Crippen molar-refractivity contribution in [3.63, 3.8) is 0 Å². The normalized spacial score (nSPS) is 17.2. The van der Waals surface area contributed by atoms with E-state index in [4.69, 9.17) is 9.47 Å². The van der Waals surface area contributed by atoms with Crippen LogP contribution in [-0.4, -0.2) is 38.0 Å². The number of halogens is 1. The van der Waals surface area contributed by atoms with E-state index in [0.29, 0.717) is 37.3 Å². The smallest absolute Gasteiger partial charge is 0.170 e. The highest BCUT2D eigenvalue weighted by molar-refractivity contribution is 5.78. The molecule has 0 bridgehead atoms. The zero-order chi connectivity index (χ0) is 21.1. The first-order chi connectivity index (χ1) is 15.1. The molecule has 4 aromatic rings. The summed E-state index contributed by atoms with van der Waals surface area (Å²) in [5.41, 5.74) is 6.67. The first-order valence-electron chi connectivity index (χ1n) is 10.3. The molecule has 0 aliphatic carbocycles. The molecule has 156 valence electrons. The predicted molar refractivity (Wildman–Crippen MR) is 111 cm³/mol. The molecule has 2 aliphatic rings. The standard InChI is InChI=1S/C23H20FN5O2/c1-12-7-13(2)26-27-22(12)16-8-20-18(29-11-25-28-23(16)29)5-3-15-17(24)4-6-19-21(15)14(9-30-19)10-31-20/h4,6-8,11,14H,3,5,9-10H2,1-2H3/t14-/m1/s1. The Morgan fingerprint density at radius 3 is 2.68 bits per heavy atom. The average Bonchev–Trinajstić information content (AvgIpc) is 3.40. The van der Waals surface area contributed by atoms with Crippen molar-refractivity contribution in [3.8, 4) is 22.8 Å². The summed E-state index contributed by atoms with van der Waals surface area (Å²) in [5, 5.41) is 17.1. The van der Waals surface area contributed by atoms with Crippen molar-refractivity contribution in [2.45, 2.75) is 32.6 Å². The summed E-state index contributed by atoms with van der Waals surface area (Å²) in [6.45, 7) is 4.81. The van der Waals surface area contributed by atoms with Crippen LogP contribution in [0, 0.1) is 19.7 Å². The van der Waals surface area contributed by atoms with Crippen LogP contribution in [0.15, 0.2) is 30.6 Å². The Labute approximate surface area is 177 Å². The third-order valence-electron chi connectivity index (χ3n) is 6.16. The van der Waals surface area contributed by atoms with Gasteiger partial charge in [0, 0.05) is 5.56 Å². The second-order valence-corrected chi connectivity index (χ2v) is 8.17. The second-order valence-electron chi connectivity index (χ2n) is 8.17. The van der Waals surface area contributed by atoms with Gasteiger partial charge in [0.1, 0.15) is 23.6 Å². The van der Waals surface area contributed by atoms with Gasteiger partial charge in [0.15, 0.2) is 5.65 Å². The minimum absolute atomic E-state index is 0.00684. The van der Waals surface area contributed by atoms with Crippen LogP contribution in [0.25, 0.3) is 16.9 Å². The van der Waals surface area contributed by atoms with Crippen LogP contribution in [0.2, 0.25) is 0 Å². The molecule has 0 saturated heterocycles. The molecule has 31 heavy (non-hydrogen) atoms. The number of ether oxygens (including phenoxy) is 2. The Balaban J connectivity index is 1.53. The maximum Gasteiger partial charge on any atom is 0.170 e. The van der Waals surface area contributed by atoms with Crippen molar-refractivity contribution in [2.24, 2.45) is 0 Å². The summed E-state index contributed by atoms with van der Waals surface area (Å²) in [6, 6.07) is 7.17. The van der Waals surface area contributed by atoms with Gasteiger partial charge in [-0.05, 0) is 62.1 Å². The van der Waals surface area contributed by atoms with Gasteiger partial charge in [0.2, 0.25) is 0 Å². The number of rotatable bonds is 1. The summed E-state index contributed by atoms with van der Waals surface area (Å²) in [6.07, 6.45) is 2.81. The number of fused-ring (bicyclic) bond motifs is 3. The first kappa shape index (κ1) is 18.2. The van der Waals surface area contributed by atoms with Crippen LogP contribution >= 0.6 is 0 Å². The molecule has 0 saturated carbocycles. The van der Waals surface area contributed by atoms with Gasteiger partial charge in [0.25, 0.3) is 0 Å². The van der Waals surface area contributed by atoms with Crippen molar-refractivity contribution in [3.05, 3.63) is 64.5 Å². The highest BCUT2D eigenvalue weighted by atomic mass is 19.1. The Morgan fingerprint density at radius 2 is 1.84 bits per heavy atom. The van der Waals surface area contributed by atoms with Crippen molar-refractivity contribution < 1.29 is 13.9 Å². The first-order valence-corrected chi connectivity index (χ1v) is 10.3. The lowest BCUT2D eigenvalue weighted by Gasteiger charge is -2.16. The fourth-order valence-corrected chi connectivity index (χ4v) is 4.72. The molecule has 1 aromatic carbocycles. The van der Waals surface area contributed by atoms with Gasteiger partial charge in [-0.25, -0.2) is 4.39 Å². The lowest BCUT2D eigenvalue weighted by atomic mass is 9.93. The Morgan fingerprint density at radius 1 is 1.00 bits per heavy atom. The lowest BCUT2D eigenvalue weighted by Crippen LogP contribution is -2.13. The summed E-state index contributed by atoms with van der Waals surface area (Å²) >= 11 is 0. The van der Waals surface area contributed by atoms with E-state index in [1.165, 1.54) is 6.07 Å². The van der Waals surface area contributed by atoms with E-state index in [1.807, 2.05) is 30.4 Å². The quantitative estimate of drug-likeness (QED) is 0.471. The van der Waals surface area contributed by atoms with Crippen LogP contribution in [0.5, 0.6) is 11.5 Å². The van der Waals surface area contributed by atoms with E-state index in [1.54, 1.807) is 12.4 Å². The Hall–Kier alpha value is -3.55. The second kappa shape index (κ2) is 6.73. The van der Waals surface area contributed by atoms with Gasteiger partial charge in [0.05, 0.1) is 41.8 Å². The number of nitrogens with zero attached hydrogens (tertiary/aromatic N) is 5. The summed E-state index contributed by atoms with van der Waals surface area (Å²) in [5.74, 6) is 1.29. The average molecular weight is 417 g/mol. The number of aromatic nitrogens is 5. The van der Waals surface area contributed by atoms with Gasteiger partial charge in [-0.15, -0.1) is 15.3 Å². The molecule has 0 unspecified atom stereocenters. The highest BCUT2D eigenvalue weighted by Crippen LogP contribution is 2.41. The fraction of sp³-hybridized carbons (Fsp3) is 0.304. The summed E-state index contributed by atoms with van der Waals surface area (Å²) < 4.78 is 28.8. The van der Waals surface area contributed by atoms with E-state index in [9.17, 15) is 4.39 Å². The number of benzene rings is 1.